The SMILES string of the molecule is COc1cc(C(Cl)c2ccc(F)cc2)ccc1C. The lowest BCUT2D eigenvalue weighted by Gasteiger charge is -2.13. The number of rotatable bonds is 3. The number of methoxy groups -OCH3 is 1. The number of benzene rings is 2. The van der Waals surface area contributed by atoms with Crippen molar-refractivity contribution in [2.45, 2.75) is 12.3 Å². The number of ether oxygens (including phenoxy) is 1. The minimum Gasteiger partial charge on any atom is -0.496 e. The zero-order valence-electron chi connectivity index (χ0n) is 10.3. The van der Waals surface area contributed by atoms with E-state index in [4.69, 9.17) is 16.3 Å². The normalized spacial score (nSPS) is 12.2. The van der Waals surface area contributed by atoms with Crippen LogP contribution in [0.4, 0.5) is 4.39 Å². The first-order valence-corrected chi connectivity index (χ1v) is 6.09. The van der Waals surface area contributed by atoms with Crippen LogP contribution in [0.25, 0.3) is 0 Å². The van der Waals surface area contributed by atoms with Crippen LogP contribution in [-0.2, 0) is 0 Å². The van der Waals surface area contributed by atoms with Gasteiger partial charge in [-0.2, -0.15) is 0 Å². The fourth-order valence-corrected chi connectivity index (χ4v) is 2.10. The third kappa shape index (κ3) is 2.65. The van der Waals surface area contributed by atoms with Gasteiger partial charge in [-0.05, 0) is 41.8 Å². The summed E-state index contributed by atoms with van der Waals surface area (Å²) in [6, 6.07) is 12.0. The van der Waals surface area contributed by atoms with Crippen LogP contribution in [0, 0.1) is 12.7 Å². The molecule has 0 aliphatic heterocycles. The van der Waals surface area contributed by atoms with Gasteiger partial charge in [0.05, 0.1) is 12.5 Å². The van der Waals surface area contributed by atoms with Crippen LogP contribution in [0.2, 0.25) is 0 Å². The topological polar surface area (TPSA) is 9.23 Å². The predicted octanol–water partition coefficient (Wildman–Crippen LogP) is 4.47. The summed E-state index contributed by atoms with van der Waals surface area (Å²) in [5, 5.41) is -0.305. The molecule has 0 saturated heterocycles. The van der Waals surface area contributed by atoms with Crippen LogP contribution >= 0.6 is 11.6 Å². The van der Waals surface area contributed by atoms with E-state index in [1.54, 1.807) is 19.2 Å². The van der Waals surface area contributed by atoms with E-state index < -0.39 is 0 Å². The first-order valence-electron chi connectivity index (χ1n) is 5.66. The lowest BCUT2D eigenvalue weighted by Crippen LogP contribution is -1.96. The summed E-state index contributed by atoms with van der Waals surface area (Å²) >= 11 is 6.39. The summed E-state index contributed by atoms with van der Waals surface area (Å²) in [7, 11) is 1.63. The largest absolute Gasteiger partial charge is 0.496 e. The average Bonchev–Trinajstić information content (AvgIpc) is 2.39. The smallest absolute Gasteiger partial charge is 0.123 e. The third-order valence-corrected chi connectivity index (χ3v) is 3.39. The molecule has 0 aliphatic carbocycles. The van der Waals surface area contributed by atoms with Gasteiger partial charge in [0.1, 0.15) is 11.6 Å². The van der Waals surface area contributed by atoms with Gasteiger partial charge in [-0.15, -0.1) is 11.6 Å². The molecule has 1 nitrogen and oxygen atoms in total. The molecule has 0 fully saturated rings. The van der Waals surface area contributed by atoms with Crippen molar-refractivity contribution in [3.63, 3.8) is 0 Å². The summed E-state index contributed by atoms with van der Waals surface area (Å²) in [5.74, 6) is 0.546. The molecule has 0 aliphatic rings. The standard InChI is InChI=1S/C15H14ClFO/c1-10-3-4-12(9-14(10)18-2)15(16)11-5-7-13(17)8-6-11/h3-9,15H,1-2H3. The van der Waals surface area contributed by atoms with E-state index in [0.717, 1.165) is 22.4 Å². The molecule has 0 radical (unpaired) electrons. The number of aryl methyl sites for hydroxylation is 1. The summed E-state index contributed by atoms with van der Waals surface area (Å²) in [6.45, 7) is 1.98. The minimum absolute atomic E-state index is 0.260. The Morgan fingerprint density at radius 1 is 1.06 bits per heavy atom. The van der Waals surface area contributed by atoms with Crippen molar-refractivity contribution in [1.82, 2.24) is 0 Å². The second-order valence-corrected chi connectivity index (χ2v) is 4.58. The van der Waals surface area contributed by atoms with Gasteiger partial charge in [-0.1, -0.05) is 24.3 Å². The number of hydrogen-bond acceptors (Lipinski definition) is 1. The second-order valence-electron chi connectivity index (χ2n) is 4.14. The lowest BCUT2D eigenvalue weighted by atomic mass is 10.0. The maximum Gasteiger partial charge on any atom is 0.123 e. The Kier molecular flexibility index (Phi) is 3.87. The van der Waals surface area contributed by atoms with Crippen LogP contribution in [0.5, 0.6) is 5.75 Å². The van der Waals surface area contributed by atoms with Gasteiger partial charge in [0.25, 0.3) is 0 Å². The van der Waals surface area contributed by atoms with E-state index in [1.807, 2.05) is 25.1 Å². The van der Waals surface area contributed by atoms with E-state index in [0.29, 0.717) is 0 Å². The van der Waals surface area contributed by atoms with Gasteiger partial charge in [-0.3, -0.25) is 0 Å². The molecule has 0 aromatic heterocycles. The highest BCUT2D eigenvalue weighted by Crippen LogP contribution is 2.32. The van der Waals surface area contributed by atoms with Gasteiger partial charge in [0.2, 0.25) is 0 Å². The molecule has 0 heterocycles. The van der Waals surface area contributed by atoms with Crippen LogP contribution in [-0.4, -0.2) is 7.11 Å². The van der Waals surface area contributed by atoms with Crippen molar-refractivity contribution in [2.24, 2.45) is 0 Å². The minimum atomic E-state index is -0.305. The summed E-state index contributed by atoms with van der Waals surface area (Å²) in [4.78, 5) is 0. The molecule has 0 spiro atoms. The van der Waals surface area contributed by atoms with Crippen molar-refractivity contribution in [3.8, 4) is 5.75 Å². The van der Waals surface area contributed by atoms with Crippen LogP contribution in [0.3, 0.4) is 0 Å². The first kappa shape index (κ1) is 12.9. The van der Waals surface area contributed by atoms with E-state index in [-0.39, 0.29) is 11.2 Å². The van der Waals surface area contributed by atoms with Crippen LogP contribution < -0.4 is 4.74 Å². The van der Waals surface area contributed by atoms with Gasteiger partial charge in [0.15, 0.2) is 0 Å². The van der Waals surface area contributed by atoms with Gasteiger partial charge < -0.3 is 4.74 Å². The molecule has 2 aromatic carbocycles. The second kappa shape index (κ2) is 5.40. The average molecular weight is 265 g/mol. The highest BCUT2D eigenvalue weighted by atomic mass is 35.5. The van der Waals surface area contributed by atoms with Crippen molar-refractivity contribution in [3.05, 3.63) is 65.0 Å². The summed E-state index contributed by atoms with van der Waals surface area (Å²) < 4.78 is 18.1. The summed E-state index contributed by atoms with van der Waals surface area (Å²) in [5.41, 5.74) is 2.86. The van der Waals surface area contributed by atoms with Gasteiger partial charge in [0, 0.05) is 0 Å². The van der Waals surface area contributed by atoms with E-state index >= 15 is 0 Å². The van der Waals surface area contributed by atoms with Crippen LogP contribution in [0.15, 0.2) is 42.5 Å². The molecule has 3 heteroatoms. The molecule has 2 rings (SSSR count). The fraction of sp³-hybridized carbons (Fsp3) is 0.200. The highest BCUT2D eigenvalue weighted by Gasteiger charge is 2.12. The molecular formula is C15H14ClFO. The zero-order chi connectivity index (χ0) is 13.1. The Morgan fingerprint density at radius 2 is 1.67 bits per heavy atom. The number of hydrogen-bond donors (Lipinski definition) is 0. The maximum absolute atomic E-state index is 12.9. The summed E-state index contributed by atoms with van der Waals surface area (Å²) in [6.07, 6.45) is 0. The number of halogens is 2. The van der Waals surface area contributed by atoms with Crippen molar-refractivity contribution < 1.29 is 9.13 Å². The van der Waals surface area contributed by atoms with Crippen molar-refractivity contribution in [2.75, 3.05) is 7.11 Å². The predicted molar refractivity (Wildman–Crippen MR) is 71.8 cm³/mol. The monoisotopic (exact) mass is 264 g/mol. The fourth-order valence-electron chi connectivity index (χ4n) is 1.82. The molecule has 1 atom stereocenters. The van der Waals surface area contributed by atoms with E-state index in [9.17, 15) is 4.39 Å². The van der Waals surface area contributed by atoms with Crippen molar-refractivity contribution >= 4 is 11.6 Å². The Bertz CT molecular complexity index is 537. The van der Waals surface area contributed by atoms with Gasteiger partial charge >= 0.3 is 0 Å². The molecule has 1 unspecified atom stereocenters. The number of alkyl halides is 1. The Hall–Kier alpha value is -1.54. The molecule has 0 bridgehead atoms. The Morgan fingerprint density at radius 3 is 2.28 bits per heavy atom. The molecule has 0 saturated carbocycles. The molecule has 94 valence electrons. The maximum atomic E-state index is 12.9. The molecule has 0 N–H and O–H groups in total. The first-order chi connectivity index (χ1) is 8.61. The molecule has 0 amide bonds. The van der Waals surface area contributed by atoms with E-state index in [2.05, 4.69) is 0 Å². The molecule has 2 aromatic rings. The highest BCUT2D eigenvalue weighted by molar-refractivity contribution is 6.22. The quantitative estimate of drug-likeness (QED) is 0.743. The van der Waals surface area contributed by atoms with Crippen molar-refractivity contribution in [1.29, 1.82) is 0 Å². The molecule has 18 heavy (non-hydrogen) atoms. The lowest BCUT2D eigenvalue weighted by molar-refractivity contribution is 0.411. The van der Waals surface area contributed by atoms with Crippen LogP contribution in [0.1, 0.15) is 22.1 Å². The Labute approximate surface area is 111 Å². The third-order valence-electron chi connectivity index (χ3n) is 2.89. The Balaban J connectivity index is 2.33. The zero-order valence-corrected chi connectivity index (χ0v) is 11.0. The van der Waals surface area contributed by atoms with E-state index in [1.165, 1.54) is 12.1 Å². The molecular weight excluding hydrogens is 251 g/mol. The van der Waals surface area contributed by atoms with Gasteiger partial charge in [-0.25, -0.2) is 4.39 Å².